The first-order chi connectivity index (χ1) is 11.9. The van der Waals surface area contributed by atoms with Crippen LogP contribution in [-0.4, -0.2) is 69.1 Å². The number of sulfonamides is 1. The zero-order valence-electron chi connectivity index (χ0n) is 14.4. The van der Waals surface area contributed by atoms with E-state index < -0.39 is 10.0 Å². The summed E-state index contributed by atoms with van der Waals surface area (Å²) < 4.78 is 25.7. The molecule has 0 atom stereocenters. The zero-order chi connectivity index (χ0) is 18.0. The average Bonchev–Trinajstić information content (AvgIpc) is 3.12. The third-order valence-corrected chi connectivity index (χ3v) is 8.19. The molecular weight excluding hydrogens is 378 g/mol. The molecule has 2 aromatic heterocycles. The highest BCUT2D eigenvalue weighted by atomic mass is 32.2. The van der Waals surface area contributed by atoms with Crippen LogP contribution in [0.3, 0.4) is 0 Å². The summed E-state index contributed by atoms with van der Waals surface area (Å²) in [5.74, 6) is -0.0266. The summed E-state index contributed by atoms with van der Waals surface area (Å²) in [6, 6.07) is 4.13. The van der Waals surface area contributed by atoms with Gasteiger partial charge in [0.15, 0.2) is 0 Å². The Kier molecular flexibility index (Phi) is 5.79. The number of fused-ring (bicyclic) bond motifs is 1. The maximum atomic E-state index is 12.3. The van der Waals surface area contributed by atoms with Crippen molar-refractivity contribution in [2.45, 2.75) is 13.3 Å². The normalized spacial score (nSPS) is 17.2. The summed E-state index contributed by atoms with van der Waals surface area (Å²) in [5, 5.41) is 4.13. The summed E-state index contributed by atoms with van der Waals surface area (Å²) in [7, 11) is -3.09. The van der Waals surface area contributed by atoms with E-state index in [9.17, 15) is 13.2 Å². The number of hydrogen-bond acceptors (Lipinski definition) is 6. The first-order valence-electron chi connectivity index (χ1n) is 8.34. The van der Waals surface area contributed by atoms with E-state index in [2.05, 4.69) is 23.2 Å². The van der Waals surface area contributed by atoms with Crippen LogP contribution in [0.25, 0.3) is 9.40 Å². The molecule has 138 valence electrons. The van der Waals surface area contributed by atoms with Gasteiger partial charge in [-0.1, -0.05) is 6.92 Å². The maximum Gasteiger partial charge on any atom is 0.261 e. The van der Waals surface area contributed by atoms with Gasteiger partial charge in [-0.05, 0) is 18.6 Å². The Balaban J connectivity index is 1.45. The lowest BCUT2D eigenvalue weighted by Gasteiger charge is -2.33. The molecule has 1 amide bonds. The van der Waals surface area contributed by atoms with Crippen LogP contribution in [0.4, 0.5) is 0 Å². The van der Waals surface area contributed by atoms with Gasteiger partial charge in [0.05, 0.1) is 15.1 Å². The van der Waals surface area contributed by atoms with E-state index in [0.717, 1.165) is 23.2 Å². The minimum absolute atomic E-state index is 0.0266. The third-order valence-electron chi connectivity index (χ3n) is 4.35. The summed E-state index contributed by atoms with van der Waals surface area (Å²) in [4.78, 5) is 16.6. The molecule has 1 aliphatic rings. The van der Waals surface area contributed by atoms with Crippen molar-refractivity contribution in [1.29, 1.82) is 0 Å². The minimum Gasteiger partial charge on any atom is -0.350 e. The molecule has 0 bridgehead atoms. The van der Waals surface area contributed by atoms with Crippen molar-refractivity contribution in [3.63, 3.8) is 0 Å². The summed E-state index contributed by atoms with van der Waals surface area (Å²) in [5.41, 5.74) is 0. The molecule has 2 aromatic rings. The Bertz CT molecular complexity index is 817. The lowest BCUT2D eigenvalue weighted by Crippen LogP contribution is -2.49. The van der Waals surface area contributed by atoms with Crippen LogP contribution in [0.2, 0.25) is 0 Å². The standard InChI is InChI=1S/C16H23N3O3S3/c1-3-13-10-12-11-14(24-16(12)23-13)15(20)17-4-5-18-6-8-19(9-7-18)25(2,21)22/h10-11H,3-9H2,1-2H3,(H,17,20). The van der Waals surface area contributed by atoms with Gasteiger partial charge in [0.2, 0.25) is 10.0 Å². The molecule has 1 aliphatic heterocycles. The predicted molar refractivity (Wildman–Crippen MR) is 104 cm³/mol. The quantitative estimate of drug-likeness (QED) is 0.802. The topological polar surface area (TPSA) is 69.7 Å². The molecular formula is C16H23N3O3S3. The molecule has 25 heavy (non-hydrogen) atoms. The average molecular weight is 402 g/mol. The lowest BCUT2D eigenvalue weighted by atomic mass is 10.3. The number of piperazine rings is 1. The van der Waals surface area contributed by atoms with Crippen LogP contribution in [0.1, 0.15) is 21.5 Å². The van der Waals surface area contributed by atoms with Crippen molar-refractivity contribution < 1.29 is 13.2 Å². The van der Waals surface area contributed by atoms with Gasteiger partial charge in [-0.15, -0.1) is 22.7 Å². The Labute approximate surface area is 156 Å². The molecule has 1 fully saturated rings. The fourth-order valence-electron chi connectivity index (χ4n) is 2.88. The van der Waals surface area contributed by atoms with Gasteiger partial charge in [0, 0.05) is 49.5 Å². The van der Waals surface area contributed by atoms with Crippen LogP contribution >= 0.6 is 22.7 Å². The third kappa shape index (κ3) is 4.59. The molecule has 0 unspecified atom stereocenters. The van der Waals surface area contributed by atoms with Crippen LogP contribution in [0.5, 0.6) is 0 Å². The first kappa shape index (κ1) is 18.8. The van der Waals surface area contributed by atoms with Crippen LogP contribution in [-0.2, 0) is 16.4 Å². The molecule has 9 heteroatoms. The van der Waals surface area contributed by atoms with Crippen molar-refractivity contribution >= 4 is 48.0 Å². The highest BCUT2D eigenvalue weighted by Gasteiger charge is 2.23. The van der Waals surface area contributed by atoms with Crippen LogP contribution in [0, 0.1) is 0 Å². The van der Waals surface area contributed by atoms with Crippen molar-refractivity contribution in [2.75, 3.05) is 45.5 Å². The fraction of sp³-hybridized carbons (Fsp3) is 0.562. The van der Waals surface area contributed by atoms with Crippen molar-refractivity contribution in [2.24, 2.45) is 0 Å². The highest BCUT2D eigenvalue weighted by molar-refractivity contribution is 7.88. The molecule has 1 N–H and O–H groups in total. The highest BCUT2D eigenvalue weighted by Crippen LogP contribution is 2.33. The number of rotatable bonds is 6. The van der Waals surface area contributed by atoms with Gasteiger partial charge in [0.25, 0.3) is 5.91 Å². The number of nitrogens with one attached hydrogen (secondary N) is 1. The maximum absolute atomic E-state index is 12.3. The number of carbonyl (C=O) groups is 1. The minimum atomic E-state index is -3.09. The molecule has 0 radical (unpaired) electrons. The van der Waals surface area contributed by atoms with E-state index in [1.54, 1.807) is 22.7 Å². The van der Waals surface area contributed by atoms with E-state index in [4.69, 9.17) is 0 Å². The van der Waals surface area contributed by atoms with Gasteiger partial charge in [0.1, 0.15) is 0 Å². The van der Waals surface area contributed by atoms with Gasteiger partial charge in [-0.25, -0.2) is 8.42 Å². The summed E-state index contributed by atoms with van der Waals surface area (Å²) in [6.45, 7) is 5.90. The Morgan fingerprint density at radius 2 is 1.92 bits per heavy atom. The zero-order valence-corrected chi connectivity index (χ0v) is 16.9. The first-order valence-corrected chi connectivity index (χ1v) is 11.8. The fourth-order valence-corrected chi connectivity index (χ4v) is 6.05. The number of amides is 1. The summed E-state index contributed by atoms with van der Waals surface area (Å²) >= 11 is 3.31. The van der Waals surface area contributed by atoms with Gasteiger partial charge >= 0.3 is 0 Å². The Morgan fingerprint density at radius 1 is 1.20 bits per heavy atom. The van der Waals surface area contributed by atoms with Gasteiger partial charge < -0.3 is 5.32 Å². The predicted octanol–water partition coefficient (Wildman–Crippen LogP) is 1.83. The number of carbonyl (C=O) groups excluding carboxylic acids is 1. The summed E-state index contributed by atoms with van der Waals surface area (Å²) in [6.07, 6.45) is 2.28. The molecule has 1 saturated heterocycles. The molecule has 0 aromatic carbocycles. The van der Waals surface area contributed by atoms with Gasteiger partial charge in [-0.3, -0.25) is 9.69 Å². The second-order valence-corrected chi connectivity index (χ2v) is 10.6. The molecule has 0 saturated carbocycles. The van der Waals surface area contributed by atoms with Crippen molar-refractivity contribution in [1.82, 2.24) is 14.5 Å². The molecule has 6 nitrogen and oxygen atoms in total. The van der Waals surface area contributed by atoms with Gasteiger partial charge in [-0.2, -0.15) is 4.31 Å². The van der Waals surface area contributed by atoms with E-state index in [-0.39, 0.29) is 5.91 Å². The number of nitrogens with zero attached hydrogens (tertiary/aromatic N) is 2. The number of hydrogen-bond donors (Lipinski definition) is 1. The van der Waals surface area contributed by atoms with E-state index >= 15 is 0 Å². The van der Waals surface area contributed by atoms with Crippen LogP contribution < -0.4 is 5.32 Å². The molecule has 3 heterocycles. The SMILES string of the molecule is CCc1cc2cc(C(=O)NCCN3CCN(S(C)(=O)=O)CC3)sc2s1. The Hall–Kier alpha value is -1.00. The van der Waals surface area contributed by atoms with Crippen LogP contribution in [0.15, 0.2) is 12.1 Å². The largest absolute Gasteiger partial charge is 0.350 e. The van der Waals surface area contributed by atoms with E-state index in [0.29, 0.717) is 32.7 Å². The van der Waals surface area contributed by atoms with E-state index in [1.807, 2.05) is 6.07 Å². The second-order valence-electron chi connectivity index (χ2n) is 6.18. The number of thiophene rings is 2. The second kappa shape index (κ2) is 7.71. The Morgan fingerprint density at radius 3 is 2.52 bits per heavy atom. The molecule has 0 aliphatic carbocycles. The molecule has 3 rings (SSSR count). The molecule has 0 spiro atoms. The van der Waals surface area contributed by atoms with Crippen molar-refractivity contribution in [3.8, 4) is 0 Å². The number of aryl methyl sites for hydroxylation is 1. The lowest BCUT2D eigenvalue weighted by molar-refractivity contribution is 0.0949. The van der Waals surface area contributed by atoms with E-state index in [1.165, 1.54) is 19.5 Å². The monoisotopic (exact) mass is 401 g/mol. The smallest absolute Gasteiger partial charge is 0.261 e. The van der Waals surface area contributed by atoms with Crippen molar-refractivity contribution in [3.05, 3.63) is 21.9 Å².